The van der Waals surface area contributed by atoms with Crippen LogP contribution < -0.4 is 10.2 Å². The van der Waals surface area contributed by atoms with Crippen LogP contribution in [0.1, 0.15) is 29.6 Å². The monoisotopic (exact) mass is 413 g/mol. The number of benzene rings is 1. The van der Waals surface area contributed by atoms with Crippen LogP contribution in [0.25, 0.3) is 0 Å². The highest BCUT2D eigenvalue weighted by Gasteiger charge is 2.42. The number of hydrogen-bond donors (Lipinski definition) is 2. The van der Waals surface area contributed by atoms with Gasteiger partial charge in [0.05, 0.1) is 13.1 Å². The van der Waals surface area contributed by atoms with Gasteiger partial charge in [-0.3, -0.25) is 10.1 Å². The highest BCUT2D eigenvalue weighted by atomic mass is 79.9. The van der Waals surface area contributed by atoms with Gasteiger partial charge in [0.1, 0.15) is 0 Å². The Labute approximate surface area is 148 Å². The summed E-state index contributed by atoms with van der Waals surface area (Å²) in [5.41, 5.74) is 0.550. The van der Waals surface area contributed by atoms with E-state index in [-0.39, 0.29) is 5.91 Å². The van der Waals surface area contributed by atoms with Gasteiger partial charge in [0.15, 0.2) is 0 Å². The number of amides is 1. The fourth-order valence-electron chi connectivity index (χ4n) is 2.53. The van der Waals surface area contributed by atoms with Crippen LogP contribution in [0.2, 0.25) is 0 Å². The number of rotatable bonds is 3. The maximum Gasteiger partial charge on any atom is 0.262 e. The zero-order valence-electron chi connectivity index (χ0n) is 11.3. The molecule has 2 N–H and O–H groups in total. The van der Waals surface area contributed by atoms with Crippen molar-refractivity contribution in [2.75, 3.05) is 13.1 Å². The van der Waals surface area contributed by atoms with E-state index in [1.165, 1.54) is 6.42 Å². The van der Waals surface area contributed by atoms with E-state index in [4.69, 9.17) is 34.8 Å². The van der Waals surface area contributed by atoms with Gasteiger partial charge in [-0.15, -0.1) is 0 Å². The zero-order valence-corrected chi connectivity index (χ0v) is 15.2. The molecule has 0 radical (unpaired) electrons. The minimum atomic E-state index is -1.53. The van der Waals surface area contributed by atoms with Crippen LogP contribution in [0.15, 0.2) is 28.7 Å². The largest absolute Gasteiger partial charge is 0.312 e. The highest BCUT2D eigenvalue weighted by molar-refractivity contribution is 9.10. The van der Waals surface area contributed by atoms with Gasteiger partial charge in [-0.1, -0.05) is 50.7 Å². The molecule has 1 aromatic carbocycles. The molecule has 1 aliphatic rings. The summed E-state index contributed by atoms with van der Waals surface area (Å²) in [6.07, 6.45) is 2.82. The van der Waals surface area contributed by atoms with E-state index in [1.807, 2.05) is 12.1 Å². The van der Waals surface area contributed by atoms with Crippen molar-refractivity contribution in [3.63, 3.8) is 0 Å². The fraction of sp³-hybridized carbons (Fsp3) is 0.500. The standard InChI is InChI=1S/C14H16BrCl3N2O/c15-11-6-4-10(5-7-11)12(21)19-13(14(16,17)18)20-8-2-1-3-9-20/h4-7,13H,1-3,8-9H2,(H,19,21)/p+1. The Hall–Kier alpha value is -0.000000000000000167. The average Bonchev–Trinajstić information content (AvgIpc) is 2.45. The number of nitrogens with one attached hydrogen (secondary N) is 2. The molecule has 0 aliphatic carbocycles. The first-order valence-electron chi connectivity index (χ1n) is 6.85. The summed E-state index contributed by atoms with van der Waals surface area (Å²) < 4.78 is -0.615. The number of carbonyl (C=O) groups is 1. The number of alkyl halides is 3. The van der Waals surface area contributed by atoms with Gasteiger partial charge in [-0.05, 0) is 43.5 Å². The number of piperidine rings is 1. The second kappa shape index (κ2) is 7.51. The van der Waals surface area contributed by atoms with Crippen LogP contribution in [0.5, 0.6) is 0 Å². The maximum absolute atomic E-state index is 12.3. The van der Waals surface area contributed by atoms with Crippen molar-refractivity contribution < 1.29 is 9.69 Å². The van der Waals surface area contributed by atoms with Crippen LogP contribution in [-0.2, 0) is 0 Å². The van der Waals surface area contributed by atoms with Crippen molar-refractivity contribution in [1.29, 1.82) is 0 Å². The second-order valence-corrected chi connectivity index (χ2v) is 8.46. The number of halogens is 4. The van der Waals surface area contributed by atoms with Crippen molar-refractivity contribution >= 4 is 56.6 Å². The molecule has 1 saturated heterocycles. The summed E-state index contributed by atoms with van der Waals surface area (Å²) in [7, 11) is 0. The van der Waals surface area contributed by atoms with E-state index in [1.54, 1.807) is 12.1 Å². The first-order valence-corrected chi connectivity index (χ1v) is 8.78. The van der Waals surface area contributed by atoms with E-state index in [0.717, 1.165) is 35.3 Å². The Balaban J connectivity index is 2.10. The number of hydrogen-bond acceptors (Lipinski definition) is 1. The molecule has 1 aromatic rings. The molecule has 1 fully saturated rings. The fourth-order valence-corrected chi connectivity index (χ4v) is 3.42. The third-order valence-electron chi connectivity index (χ3n) is 3.61. The smallest absolute Gasteiger partial charge is 0.262 e. The topological polar surface area (TPSA) is 33.5 Å². The molecule has 0 saturated carbocycles. The zero-order chi connectivity index (χ0) is 15.5. The predicted octanol–water partition coefficient (Wildman–Crippen LogP) is 2.94. The summed E-state index contributed by atoms with van der Waals surface area (Å²) in [5.74, 6) is -0.225. The van der Waals surface area contributed by atoms with Crippen LogP contribution >= 0.6 is 50.7 Å². The lowest BCUT2D eigenvalue weighted by Gasteiger charge is -2.35. The van der Waals surface area contributed by atoms with E-state index < -0.39 is 9.96 Å². The quantitative estimate of drug-likeness (QED) is 0.732. The van der Waals surface area contributed by atoms with Crippen molar-refractivity contribution in [1.82, 2.24) is 5.32 Å². The highest BCUT2D eigenvalue weighted by Crippen LogP contribution is 2.28. The van der Waals surface area contributed by atoms with Gasteiger partial charge >= 0.3 is 0 Å². The Morgan fingerprint density at radius 1 is 1.14 bits per heavy atom. The lowest BCUT2D eigenvalue weighted by molar-refractivity contribution is -0.931. The molecule has 1 atom stereocenters. The normalized spacial score (nSPS) is 18.3. The van der Waals surface area contributed by atoms with Crippen LogP contribution in [0.3, 0.4) is 0 Å². The summed E-state index contributed by atoms with van der Waals surface area (Å²) in [6.45, 7) is 1.80. The summed E-state index contributed by atoms with van der Waals surface area (Å²) >= 11 is 21.6. The number of quaternary nitrogens is 1. The number of likely N-dealkylation sites (tertiary alicyclic amines) is 1. The Kier molecular flexibility index (Phi) is 6.21. The van der Waals surface area contributed by atoms with Crippen molar-refractivity contribution in [3.8, 4) is 0 Å². The third-order valence-corrected chi connectivity index (χ3v) is 4.80. The van der Waals surface area contributed by atoms with Crippen molar-refractivity contribution in [2.24, 2.45) is 0 Å². The molecular weight excluding hydrogens is 398 g/mol. The first kappa shape index (κ1) is 17.4. The molecule has 0 aromatic heterocycles. The molecule has 0 bridgehead atoms. The Morgan fingerprint density at radius 2 is 1.71 bits per heavy atom. The Morgan fingerprint density at radius 3 is 2.24 bits per heavy atom. The molecule has 1 amide bonds. The molecule has 1 aliphatic heterocycles. The second-order valence-electron chi connectivity index (χ2n) is 5.17. The lowest BCUT2D eigenvalue weighted by Crippen LogP contribution is -3.20. The molecule has 1 unspecified atom stereocenters. The first-order chi connectivity index (χ1) is 9.88. The van der Waals surface area contributed by atoms with Gasteiger partial charge in [-0.25, -0.2) is 0 Å². The van der Waals surface area contributed by atoms with Gasteiger partial charge in [0.25, 0.3) is 9.70 Å². The van der Waals surface area contributed by atoms with Gasteiger partial charge < -0.3 is 4.90 Å². The van der Waals surface area contributed by atoms with E-state index in [0.29, 0.717) is 5.56 Å². The van der Waals surface area contributed by atoms with Gasteiger partial charge in [0, 0.05) is 10.0 Å². The molecule has 0 spiro atoms. The summed E-state index contributed by atoms with van der Waals surface area (Å²) in [5, 5.41) is 2.88. The van der Waals surface area contributed by atoms with Gasteiger partial charge in [0.2, 0.25) is 6.17 Å². The molecule has 21 heavy (non-hydrogen) atoms. The van der Waals surface area contributed by atoms with Gasteiger partial charge in [-0.2, -0.15) is 0 Å². The molecule has 116 valence electrons. The van der Waals surface area contributed by atoms with E-state index in [9.17, 15) is 4.79 Å². The predicted molar refractivity (Wildman–Crippen MR) is 90.2 cm³/mol. The SMILES string of the molecule is O=C(NC([NH+]1CCCCC1)C(Cl)(Cl)Cl)c1ccc(Br)cc1. The Bertz CT molecular complexity index is 484. The van der Waals surface area contributed by atoms with E-state index in [2.05, 4.69) is 21.2 Å². The minimum absolute atomic E-state index is 0.225. The van der Waals surface area contributed by atoms with Crippen LogP contribution in [-0.4, -0.2) is 29.0 Å². The lowest BCUT2D eigenvalue weighted by atomic mass is 10.1. The van der Waals surface area contributed by atoms with E-state index >= 15 is 0 Å². The summed E-state index contributed by atoms with van der Waals surface area (Å²) in [4.78, 5) is 13.5. The maximum atomic E-state index is 12.3. The average molecular weight is 416 g/mol. The summed E-state index contributed by atoms with van der Waals surface area (Å²) in [6, 6.07) is 7.10. The molecule has 2 rings (SSSR count). The van der Waals surface area contributed by atoms with Crippen LogP contribution in [0, 0.1) is 0 Å². The number of carbonyl (C=O) groups excluding carboxylic acids is 1. The molecular formula is C14H17BrCl3N2O+. The van der Waals surface area contributed by atoms with Crippen molar-refractivity contribution in [3.05, 3.63) is 34.3 Å². The molecule has 1 heterocycles. The molecule has 7 heteroatoms. The molecule has 3 nitrogen and oxygen atoms in total. The van der Waals surface area contributed by atoms with Crippen molar-refractivity contribution in [2.45, 2.75) is 29.2 Å². The minimum Gasteiger partial charge on any atom is -0.312 e. The third kappa shape index (κ3) is 5.00. The van der Waals surface area contributed by atoms with Crippen LogP contribution in [0.4, 0.5) is 0 Å².